The third-order valence-electron chi connectivity index (χ3n) is 5.58. The van der Waals surface area contributed by atoms with E-state index in [1.807, 2.05) is 12.4 Å². The number of nitrogens with one attached hydrogen (secondary N) is 1. The lowest BCUT2D eigenvalue weighted by Gasteiger charge is -2.19. The molecule has 0 bridgehead atoms. The minimum Gasteiger partial charge on any atom is -0.334 e. The number of imidazole rings is 1. The van der Waals surface area contributed by atoms with E-state index in [1.54, 1.807) is 0 Å². The monoisotopic (exact) mass is 347 g/mol. The first kappa shape index (κ1) is 17.1. The van der Waals surface area contributed by atoms with Crippen LogP contribution in [0, 0.1) is 23.7 Å². The Morgan fingerprint density at radius 3 is 2.50 bits per heavy atom. The zero-order valence-electron chi connectivity index (χ0n) is 15.5. The van der Waals surface area contributed by atoms with Crippen LogP contribution in [0.2, 0.25) is 0 Å². The summed E-state index contributed by atoms with van der Waals surface area (Å²) < 4.78 is 0. The summed E-state index contributed by atoms with van der Waals surface area (Å²) in [5.41, 5.74) is 3.15. The molecule has 2 fully saturated rings. The highest BCUT2D eigenvalue weighted by Crippen LogP contribution is 2.28. The van der Waals surface area contributed by atoms with Crippen molar-refractivity contribution in [3.8, 4) is 23.7 Å². The fourth-order valence-electron chi connectivity index (χ4n) is 4.09. The summed E-state index contributed by atoms with van der Waals surface area (Å²) in [6.45, 7) is 2.30. The molecule has 5 nitrogen and oxygen atoms in total. The Labute approximate surface area is 155 Å². The minimum atomic E-state index is 0.393. The van der Waals surface area contributed by atoms with Crippen molar-refractivity contribution in [2.75, 3.05) is 27.2 Å². The van der Waals surface area contributed by atoms with Crippen LogP contribution in [0.25, 0.3) is 0 Å². The molecular weight excluding hydrogens is 322 g/mol. The molecule has 0 aliphatic carbocycles. The fourth-order valence-corrected chi connectivity index (χ4v) is 4.09. The van der Waals surface area contributed by atoms with E-state index in [0.717, 1.165) is 36.5 Å². The first-order valence-electron chi connectivity index (χ1n) is 9.44. The van der Waals surface area contributed by atoms with Crippen molar-refractivity contribution in [2.24, 2.45) is 4.99 Å². The Morgan fingerprint density at radius 1 is 1.04 bits per heavy atom. The van der Waals surface area contributed by atoms with Crippen LogP contribution in [0.1, 0.15) is 49.7 Å². The van der Waals surface area contributed by atoms with Crippen LogP contribution in [0.4, 0.5) is 0 Å². The first-order chi connectivity index (χ1) is 12.7. The average Bonchev–Trinajstić information content (AvgIpc) is 3.39. The summed E-state index contributed by atoms with van der Waals surface area (Å²) in [7, 11) is 4.32. The van der Waals surface area contributed by atoms with Gasteiger partial charge in [0.05, 0.1) is 12.2 Å². The molecule has 134 valence electrons. The summed E-state index contributed by atoms with van der Waals surface area (Å²) >= 11 is 0. The van der Waals surface area contributed by atoms with Crippen LogP contribution in [0.3, 0.4) is 0 Å². The van der Waals surface area contributed by atoms with E-state index in [0.29, 0.717) is 12.1 Å². The number of allylic oxidation sites excluding steroid dienone is 1. The minimum absolute atomic E-state index is 0.393. The number of hydrogen-bond acceptors (Lipinski definition) is 4. The van der Waals surface area contributed by atoms with Gasteiger partial charge in [0.1, 0.15) is 11.5 Å². The van der Waals surface area contributed by atoms with Gasteiger partial charge in [-0.15, -0.1) is 0 Å². The molecule has 4 rings (SSSR count). The summed E-state index contributed by atoms with van der Waals surface area (Å²) in [6.07, 6.45) is 9.43. The Balaban J connectivity index is 1.33. The normalized spacial score (nSPS) is 26.1. The van der Waals surface area contributed by atoms with E-state index in [1.165, 1.54) is 31.5 Å². The lowest BCUT2D eigenvalue weighted by atomic mass is 10.0. The maximum atomic E-state index is 4.58. The fraction of sp³-hybridized carbons (Fsp3) is 0.524. The van der Waals surface area contributed by atoms with Gasteiger partial charge in [-0.05, 0) is 70.6 Å². The lowest BCUT2D eigenvalue weighted by Crippen LogP contribution is -2.32. The third-order valence-corrected chi connectivity index (χ3v) is 5.58. The van der Waals surface area contributed by atoms with Crippen molar-refractivity contribution >= 4 is 5.71 Å². The Bertz CT molecular complexity index is 854. The summed E-state index contributed by atoms with van der Waals surface area (Å²) in [5.74, 6) is 13.1. The molecule has 0 spiro atoms. The second kappa shape index (κ2) is 7.50. The zero-order chi connectivity index (χ0) is 17.9. The van der Waals surface area contributed by atoms with Crippen LogP contribution >= 0.6 is 0 Å². The average molecular weight is 347 g/mol. The molecule has 0 unspecified atom stereocenters. The number of nitrogens with zero attached hydrogens (tertiary/aromatic N) is 4. The SMILES string of the molecule is CN1CCC[C@H]1C1=NC=C(C#CC#Cc2cnc([C@@H]3CCCN3C)[nH]2)C1. The van der Waals surface area contributed by atoms with Gasteiger partial charge in [0.15, 0.2) is 0 Å². The number of aromatic amines is 1. The molecule has 2 saturated heterocycles. The number of rotatable bonds is 2. The second-order valence-electron chi connectivity index (χ2n) is 7.41. The number of aromatic nitrogens is 2. The lowest BCUT2D eigenvalue weighted by molar-refractivity contribution is 0.307. The van der Waals surface area contributed by atoms with Crippen LogP contribution < -0.4 is 0 Å². The van der Waals surface area contributed by atoms with Gasteiger partial charge in [-0.1, -0.05) is 5.92 Å². The van der Waals surface area contributed by atoms with Gasteiger partial charge in [0.25, 0.3) is 0 Å². The van der Waals surface area contributed by atoms with Gasteiger partial charge in [-0.2, -0.15) is 0 Å². The highest BCUT2D eigenvalue weighted by Gasteiger charge is 2.27. The van der Waals surface area contributed by atoms with Gasteiger partial charge in [-0.25, -0.2) is 4.98 Å². The van der Waals surface area contributed by atoms with Crippen molar-refractivity contribution in [1.82, 2.24) is 19.8 Å². The molecule has 0 radical (unpaired) electrons. The summed E-state index contributed by atoms with van der Waals surface area (Å²) in [6, 6.07) is 0.887. The molecule has 3 aliphatic rings. The second-order valence-corrected chi connectivity index (χ2v) is 7.41. The summed E-state index contributed by atoms with van der Waals surface area (Å²) in [5, 5.41) is 0. The number of hydrogen-bond donors (Lipinski definition) is 1. The largest absolute Gasteiger partial charge is 0.334 e. The molecule has 1 aromatic heterocycles. The predicted octanol–water partition coefficient (Wildman–Crippen LogP) is 2.35. The highest BCUT2D eigenvalue weighted by atomic mass is 15.2. The van der Waals surface area contributed by atoms with Gasteiger partial charge in [0.2, 0.25) is 0 Å². The van der Waals surface area contributed by atoms with Crippen LogP contribution in [0.5, 0.6) is 0 Å². The molecule has 1 N–H and O–H groups in total. The smallest absolute Gasteiger partial charge is 0.124 e. The van der Waals surface area contributed by atoms with Crippen molar-refractivity contribution in [1.29, 1.82) is 0 Å². The maximum absolute atomic E-state index is 4.58. The van der Waals surface area contributed by atoms with Gasteiger partial charge in [0, 0.05) is 29.9 Å². The van der Waals surface area contributed by atoms with Crippen LogP contribution in [-0.2, 0) is 0 Å². The number of aliphatic imine (C=N–C) groups is 1. The Morgan fingerprint density at radius 2 is 1.77 bits per heavy atom. The van der Waals surface area contributed by atoms with Gasteiger partial charge < -0.3 is 4.98 Å². The molecule has 1 aromatic rings. The van der Waals surface area contributed by atoms with Crippen molar-refractivity contribution in [3.63, 3.8) is 0 Å². The molecular formula is C21H25N5. The van der Waals surface area contributed by atoms with Gasteiger partial charge >= 0.3 is 0 Å². The highest BCUT2D eigenvalue weighted by molar-refractivity contribution is 5.94. The van der Waals surface area contributed by atoms with E-state index in [2.05, 4.69) is 62.5 Å². The first-order valence-corrected chi connectivity index (χ1v) is 9.44. The quantitative estimate of drug-likeness (QED) is 0.836. The Kier molecular flexibility index (Phi) is 4.93. The third kappa shape index (κ3) is 3.60. The molecule has 0 aromatic carbocycles. The van der Waals surface area contributed by atoms with E-state index in [9.17, 15) is 0 Å². The molecule has 26 heavy (non-hydrogen) atoms. The Hall–Kier alpha value is -2.34. The molecule has 4 heterocycles. The van der Waals surface area contributed by atoms with Crippen molar-refractivity contribution < 1.29 is 0 Å². The zero-order valence-corrected chi connectivity index (χ0v) is 15.5. The maximum Gasteiger partial charge on any atom is 0.124 e. The molecule has 3 aliphatic heterocycles. The van der Waals surface area contributed by atoms with E-state index in [4.69, 9.17) is 0 Å². The van der Waals surface area contributed by atoms with Gasteiger partial charge in [-0.3, -0.25) is 14.8 Å². The van der Waals surface area contributed by atoms with Crippen molar-refractivity contribution in [3.05, 3.63) is 29.5 Å². The summed E-state index contributed by atoms with van der Waals surface area (Å²) in [4.78, 5) is 17.1. The van der Waals surface area contributed by atoms with Crippen LogP contribution in [0.15, 0.2) is 23.0 Å². The van der Waals surface area contributed by atoms with Crippen LogP contribution in [-0.4, -0.2) is 58.7 Å². The van der Waals surface area contributed by atoms with E-state index in [-0.39, 0.29) is 0 Å². The van der Waals surface area contributed by atoms with E-state index >= 15 is 0 Å². The molecule has 0 saturated carbocycles. The topological polar surface area (TPSA) is 47.5 Å². The molecule has 2 atom stereocenters. The standard InChI is InChI=1S/C21H25N5/c1-25-11-5-9-19(25)18-13-16(14-22-18)7-3-4-8-17-15-23-21(24-17)20-10-6-12-26(20)2/h14-15,19-20H,5-6,9-13H2,1-2H3,(H,23,24)/t19-,20-/m0/s1. The number of H-pyrrole nitrogens is 1. The number of likely N-dealkylation sites (tertiary alicyclic amines) is 2. The van der Waals surface area contributed by atoms with Crippen molar-refractivity contribution in [2.45, 2.75) is 44.2 Å². The van der Waals surface area contributed by atoms with E-state index < -0.39 is 0 Å². The molecule has 5 heteroatoms. The predicted molar refractivity (Wildman–Crippen MR) is 104 cm³/mol. The molecule has 0 amide bonds.